The molecule has 0 bridgehead atoms. The van der Waals surface area contributed by atoms with Crippen LogP contribution in [0.2, 0.25) is 0 Å². The summed E-state index contributed by atoms with van der Waals surface area (Å²) in [6.45, 7) is 2.63. The van der Waals surface area contributed by atoms with E-state index in [1.807, 2.05) is 42.5 Å². The van der Waals surface area contributed by atoms with E-state index in [4.69, 9.17) is 4.74 Å². The second-order valence-electron chi connectivity index (χ2n) is 3.49. The van der Waals surface area contributed by atoms with E-state index in [0.717, 1.165) is 11.3 Å². The van der Waals surface area contributed by atoms with Crippen LogP contribution in [-0.2, 0) is 22.9 Å². The molecule has 1 nitrogen and oxygen atoms in total. The number of ether oxygens (including phenoxy) is 1. The molecular formula is C14H13BrOZn. The first kappa shape index (κ1) is 14.4. The molecule has 2 rings (SSSR count). The van der Waals surface area contributed by atoms with Crippen LogP contribution < -0.4 is 4.74 Å². The number of hydrogen-bond donors (Lipinski definition) is 0. The Bertz CT molecular complexity index is 431. The van der Waals surface area contributed by atoms with Gasteiger partial charge in [-0.25, -0.2) is 0 Å². The molecule has 0 saturated carbocycles. The van der Waals surface area contributed by atoms with Crippen molar-refractivity contribution in [1.82, 2.24) is 0 Å². The normalized spacial score (nSPS) is 9.18. The Morgan fingerprint density at radius 1 is 1.18 bits per heavy atom. The van der Waals surface area contributed by atoms with E-state index >= 15 is 0 Å². The second-order valence-corrected chi connectivity index (χ2v) is 3.49. The van der Waals surface area contributed by atoms with E-state index in [2.05, 4.69) is 32.7 Å². The van der Waals surface area contributed by atoms with Crippen molar-refractivity contribution in [2.24, 2.45) is 0 Å². The van der Waals surface area contributed by atoms with Crippen molar-refractivity contribution in [2.75, 3.05) is 0 Å². The quantitative estimate of drug-likeness (QED) is 0.599. The van der Waals surface area contributed by atoms with Gasteiger partial charge in [0.1, 0.15) is 5.75 Å². The average Bonchev–Trinajstić information content (AvgIpc) is 2.40. The van der Waals surface area contributed by atoms with Crippen molar-refractivity contribution < 1.29 is 21.1 Å². The van der Waals surface area contributed by atoms with Gasteiger partial charge in [0, 0.05) is 0 Å². The first-order valence-corrected chi connectivity index (χ1v) is 12.2. The Labute approximate surface area is 119 Å². The van der Waals surface area contributed by atoms with Crippen LogP contribution in [-0.4, -0.2) is 0 Å². The predicted molar refractivity (Wildman–Crippen MR) is 69.7 cm³/mol. The molecule has 2 aromatic carbocycles. The molecule has 0 fully saturated rings. The van der Waals surface area contributed by atoms with Gasteiger partial charge in [0.2, 0.25) is 0 Å². The maximum atomic E-state index is 5.64. The van der Waals surface area contributed by atoms with Crippen LogP contribution in [0.1, 0.15) is 11.1 Å². The summed E-state index contributed by atoms with van der Waals surface area (Å²) < 4.78 is 5.64. The summed E-state index contributed by atoms with van der Waals surface area (Å²) in [5.74, 6) is 0.909. The molecule has 0 saturated heterocycles. The molecule has 0 aliphatic rings. The van der Waals surface area contributed by atoms with Gasteiger partial charge < -0.3 is 4.74 Å². The van der Waals surface area contributed by atoms with E-state index in [-0.39, 0.29) is 0 Å². The summed E-state index contributed by atoms with van der Waals surface area (Å²) in [5.41, 5.74) is 2.28. The molecule has 0 aliphatic heterocycles. The summed E-state index contributed by atoms with van der Waals surface area (Å²) in [7, 11) is 0. The van der Waals surface area contributed by atoms with Crippen LogP contribution in [0, 0.1) is 13.0 Å². The minimum absolute atomic E-state index is 0.574. The molecule has 0 aromatic heterocycles. The average molecular weight is 343 g/mol. The van der Waals surface area contributed by atoms with Gasteiger partial charge in [-0.2, -0.15) is 30.3 Å². The first-order chi connectivity index (χ1) is 8.34. The van der Waals surface area contributed by atoms with Crippen LogP contribution >= 0.6 is 13.6 Å². The van der Waals surface area contributed by atoms with Crippen molar-refractivity contribution in [3.05, 3.63) is 65.7 Å². The fourth-order valence-corrected chi connectivity index (χ4v) is 1.39. The number of hydrogen-bond acceptors (Lipinski definition) is 1. The zero-order chi connectivity index (χ0) is 12.5. The van der Waals surface area contributed by atoms with E-state index in [1.165, 1.54) is 21.9 Å². The van der Waals surface area contributed by atoms with E-state index in [9.17, 15) is 0 Å². The first-order valence-electron chi connectivity index (χ1n) is 5.26. The molecule has 0 unspecified atom stereocenters. The Morgan fingerprint density at radius 3 is 2.65 bits per heavy atom. The van der Waals surface area contributed by atoms with Crippen LogP contribution in [0.25, 0.3) is 0 Å². The summed E-state index contributed by atoms with van der Waals surface area (Å²) in [6.07, 6.45) is 0. The van der Waals surface area contributed by atoms with Gasteiger partial charge in [-0.15, -0.1) is 5.56 Å². The third kappa shape index (κ3) is 5.47. The summed E-state index contributed by atoms with van der Waals surface area (Å²) >= 11 is 4.25. The molecule has 0 spiro atoms. The number of aryl methyl sites for hydroxylation is 1. The fraction of sp³-hybridized carbons (Fsp3) is 0.143. The molecule has 0 aliphatic carbocycles. The van der Waals surface area contributed by atoms with E-state index in [1.54, 1.807) is 0 Å². The molecule has 2 aromatic rings. The molecular weight excluding hydrogens is 329 g/mol. The Balaban J connectivity index is 0.000000686. The van der Waals surface area contributed by atoms with Gasteiger partial charge in [-0.05, 0) is 24.6 Å². The third-order valence-electron chi connectivity index (χ3n) is 2.16. The Hall–Kier alpha value is -0.657. The van der Waals surface area contributed by atoms with Gasteiger partial charge in [-0.3, -0.25) is 0 Å². The van der Waals surface area contributed by atoms with Crippen molar-refractivity contribution in [1.29, 1.82) is 0 Å². The summed E-state index contributed by atoms with van der Waals surface area (Å²) in [5, 5.41) is 0. The van der Waals surface area contributed by atoms with Crippen LogP contribution in [0.5, 0.6) is 5.75 Å². The van der Waals surface area contributed by atoms with E-state index in [0.29, 0.717) is 6.61 Å². The molecule has 0 amide bonds. The number of rotatable bonds is 3. The van der Waals surface area contributed by atoms with Gasteiger partial charge in [0.15, 0.2) is 0 Å². The van der Waals surface area contributed by atoms with Crippen molar-refractivity contribution >= 4 is 13.6 Å². The van der Waals surface area contributed by atoms with E-state index < -0.39 is 0 Å². The SMILES string of the molecule is Cc1cccc(OCc2[c-]cccc2)c1.[Zn+][Br]. The monoisotopic (exact) mass is 340 g/mol. The van der Waals surface area contributed by atoms with Crippen LogP contribution in [0.15, 0.2) is 48.5 Å². The van der Waals surface area contributed by atoms with Crippen molar-refractivity contribution in [3.63, 3.8) is 0 Å². The zero-order valence-corrected chi connectivity index (χ0v) is 14.4. The minimum atomic E-state index is 0.574. The Morgan fingerprint density at radius 2 is 2.00 bits per heavy atom. The fourth-order valence-electron chi connectivity index (χ4n) is 1.39. The molecule has 0 atom stereocenters. The number of halogens is 1. The summed E-state index contributed by atoms with van der Waals surface area (Å²) in [4.78, 5) is 0. The molecule has 84 valence electrons. The third-order valence-corrected chi connectivity index (χ3v) is 2.16. The second kappa shape index (κ2) is 8.44. The molecule has 0 radical (unpaired) electrons. The molecule has 3 heteroatoms. The van der Waals surface area contributed by atoms with Crippen molar-refractivity contribution in [3.8, 4) is 5.75 Å². The standard InChI is InChI=1S/C14H13O.BrH.Zn/c1-12-6-5-9-14(10-12)15-11-13-7-3-2-4-8-13;;/h2-7,9-10H,11H2,1H3;1H;/q-1;;+2/p-1. The Kier molecular flexibility index (Phi) is 7.15. The molecule has 17 heavy (non-hydrogen) atoms. The number of benzene rings is 2. The topological polar surface area (TPSA) is 9.23 Å². The van der Waals surface area contributed by atoms with Crippen molar-refractivity contribution in [2.45, 2.75) is 13.5 Å². The maximum absolute atomic E-state index is 5.64. The summed E-state index contributed by atoms with van der Waals surface area (Å²) in [6, 6.07) is 19.0. The van der Waals surface area contributed by atoms with Gasteiger partial charge in [0.05, 0.1) is 6.61 Å². The molecule has 0 N–H and O–H groups in total. The zero-order valence-electron chi connectivity index (χ0n) is 9.82. The predicted octanol–water partition coefficient (Wildman–Crippen LogP) is 4.22. The van der Waals surface area contributed by atoms with Gasteiger partial charge in [0.25, 0.3) is 0 Å². The van der Waals surface area contributed by atoms with Gasteiger partial charge >= 0.3 is 30.0 Å². The van der Waals surface area contributed by atoms with Crippen LogP contribution in [0.3, 0.4) is 0 Å². The van der Waals surface area contributed by atoms with Crippen LogP contribution in [0.4, 0.5) is 0 Å². The van der Waals surface area contributed by atoms with Gasteiger partial charge in [-0.1, -0.05) is 12.1 Å². The molecule has 0 heterocycles.